The van der Waals surface area contributed by atoms with Crippen molar-refractivity contribution in [3.63, 3.8) is 0 Å². The fourth-order valence-electron chi connectivity index (χ4n) is 1.97. The third-order valence-corrected chi connectivity index (χ3v) is 3.80. The number of hydrogen-bond donors (Lipinski definition) is 0. The van der Waals surface area contributed by atoms with Gasteiger partial charge in [0.05, 0.1) is 11.8 Å². The van der Waals surface area contributed by atoms with Crippen LogP contribution in [0, 0.1) is 12.9 Å². The van der Waals surface area contributed by atoms with Crippen LogP contribution in [0.1, 0.15) is 5.56 Å². The zero-order valence-corrected chi connectivity index (χ0v) is 13.0. The van der Waals surface area contributed by atoms with Crippen LogP contribution in [-0.4, -0.2) is 20.9 Å². The van der Waals surface area contributed by atoms with Gasteiger partial charge in [0.25, 0.3) is 5.56 Å². The summed E-state index contributed by atoms with van der Waals surface area (Å²) in [5.41, 5.74) is 1.19. The van der Waals surface area contributed by atoms with E-state index in [-0.39, 0.29) is 5.78 Å². The number of fused-ring (bicyclic) bond motifs is 1. The van der Waals surface area contributed by atoms with Gasteiger partial charge in [0, 0.05) is 16.9 Å². The number of aromatic nitrogens is 3. The van der Waals surface area contributed by atoms with E-state index in [1.54, 1.807) is 6.07 Å². The third kappa shape index (κ3) is 3.06. The van der Waals surface area contributed by atoms with Crippen molar-refractivity contribution in [3.05, 3.63) is 63.0 Å². The lowest BCUT2D eigenvalue weighted by atomic mass is 10.2. The Kier molecular flexibility index (Phi) is 5.02. The Bertz CT molecular complexity index is 860. The van der Waals surface area contributed by atoms with Gasteiger partial charge >= 0.3 is 0 Å². The Hall–Kier alpha value is -2.09. The van der Waals surface area contributed by atoms with Crippen LogP contribution in [0.2, 0.25) is 0 Å². The molecule has 2 heterocycles. The van der Waals surface area contributed by atoms with Crippen molar-refractivity contribution in [3.8, 4) is 5.69 Å². The normalized spacial score (nSPS) is 10.4. The molecule has 0 aliphatic rings. The lowest BCUT2D eigenvalue weighted by molar-refractivity contribution is 0.295. The first-order chi connectivity index (χ1) is 10.5. The molecule has 8 heteroatoms. The lowest BCUT2D eigenvalue weighted by Crippen LogP contribution is -2.21. The van der Waals surface area contributed by atoms with Crippen LogP contribution in [0.25, 0.3) is 11.5 Å². The van der Waals surface area contributed by atoms with Crippen molar-refractivity contribution >= 4 is 21.7 Å². The first-order valence-electron chi connectivity index (χ1n) is 6.12. The monoisotopic (exact) mass is 373 g/mol. The summed E-state index contributed by atoms with van der Waals surface area (Å²) in [5, 5.41) is 0. The highest BCUT2D eigenvalue weighted by molar-refractivity contribution is 9.10. The summed E-state index contributed by atoms with van der Waals surface area (Å²) in [6.07, 6.45) is 2.94. The van der Waals surface area contributed by atoms with Crippen molar-refractivity contribution in [2.45, 2.75) is 6.92 Å². The molecule has 22 heavy (non-hydrogen) atoms. The van der Waals surface area contributed by atoms with E-state index < -0.39 is 18.4 Å². The Morgan fingerprint density at radius 1 is 1.27 bits per heavy atom. The molecular formula is C14H11BrF3N3O. The van der Waals surface area contributed by atoms with Gasteiger partial charge in [-0.3, -0.25) is 9.20 Å². The molecule has 4 nitrogen and oxygen atoms in total. The van der Waals surface area contributed by atoms with Crippen LogP contribution in [0.4, 0.5) is 13.2 Å². The molecule has 1 aromatic carbocycles. The largest absolute Gasteiger partial charge is 0.269 e. The molecule has 0 aliphatic heterocycles. The molecule has 0 fully saturated rings. The second kappa shape index (κ2) is 6.78. The van der Waals surface area contributed by atoms with Crippen molar-refractivity contribution < 1.29 is 13.2 Å². The number of imidazole rings is 1. The SMILES string of the molecule is Cc1cc(-n2c(=O)cc(F)n3ccnc23)ccc1Br.FCF. The standard InChI is InChI=1S/C13H9BrFN3O.CH2F2/c1-8-6-9(2-3-10(8)14)18-12(19)7-11(15)17-5-4-16-13(17)18;2-1-3/h2-7H,1H3;1H2. The summed E-state index contributed by atoms with van der Waals surface area (Å²) in [7, 11) is 0. The molecule has 0 saturated heterocycles. The van der Waals surface area contributed by atoms with Crippen LogP contribution >= 0.6 is 15.9 Å². The lowest BCUT2D eigenvalue weighted by Gasteiger charge is -2.09. The zero-order chi connectivity index (χ0) is 16.3. The van der Waals surface area contributed by atoms with E-state index >= 15 is 0 Å². The summed E-state index contributed by atoms with van der Waals surface area (Å²) in [4.78, 5) is 16.0. The first-order valence-corrected chi connectivity index (χ1v) is 6.92. The molecule has 0 aliphatic carbocycles. The van der Waals surface area contributed by atoms with E-state index in [0.717, 1.165) is 16.1 Å². The van der Waals surface area contributed by atoms with Crippen molar-refractivity contribution in [1.82, 2.24) is 14.0 Å². The average molecular weight is 374 g/mol. The number of benzene rings is 1. The van der Waals surface area contributed by atoms with E-state index in [0.29, 0.717) is 5.69 Å². The van der Waals surface area contributed by atoms with Gasteiger partial charge in [-0.25, -0.2) is 18.3 Å². The predicted octanol–water partition coefficient (Wildman–Crippen LogP) is 3.58. The average Bonchev–Trinajstić information content (AvgIpc) is 2.93. The Morgan fingerprint density at radius 3 is 2.59 bits per heavy atom. The Balaban J connectivity index is 0.000000545. The molecule has 0 saturated carbocycles. The van der Waals surface area contributed by atoms with Crippen LogP contribution < -0.4 is 5.56 Å². The minimum atomic E-state index is -1.75. The molecule has 0 unspecified atom stereocenters. The van der Waals surface area contributed by atoms with E-state index in [4.69, 9.17) is 0 Å². The van der Waals surface area contributed by atoms with E-state index in [1.165, 1.54) is 21.4 Å². The summed E-state index contributed by atoms with van der Waals surface area (Å²) in [5.74, 6) is -0.366. The highest BCUT2D eigenvalue weighted by atomic mass is 79.9. The predicted molar refractivity (Wildman–Crippen MR) is 80.3 cm³/mol. The molecule has 116 valence electrons. The minimum absolute atomic E-state index is 0.256. The summed E-state index contributed by atoms with van der Waals surface area (Å²) >= 11 is 3.41. The van der Waals surface area contributed by atoms with Crippen LogP contribution in [-0.2, 0) is 0 Å². The number of rotatable bonds is 1. The molecule has 0 bridgehead atoms. The number of halogens is 4. The molecule has 3 rings (SSSR count). The van der Waals surface area contributed by atoms with Gasteiger partial charge in [-0.05, 0) is 30.7 Å². The van der Waals surface area contributed by atoms with Gasteiger partial charge in [0.15, 0.2) is 0 Å². The smallest absolute Gasteiger partial charge is 0.262 e. The number of aryl methyl sites for hydroxylation is 1. The number of alkyl halides is 2. The Morgan fingerprint density at radius 2 is 1.95 bits per heavy atom. The second-order valence-corrected chi connectivity index (χ2v) is 5.13. The number of hydrogen-bond acceptors (Lipinski definition) is 2. The third-order valence-electron chi connectivity index (χ3n) is 2.91. The van der Waals surface area contributed by atoms with Gasteiger partial charge in [-0.1, -0.05) is 15.9 Å². The van der Waals surface area contributed by atoms with Crippen molar-refractivity contribution in [2.24, 2.45) is 0 Å². The highest BCUT2D eigenvalue weighted by Gasteiger charge is 2.11. The fourth-order valence-corrected chi connectivity index (χ4v) is 2.22. The molecule has 0 amide bonds. The van der Waals surface area contributed by atoms with E-state index in [2.05, 4.69) is 20.9 Å². The quantitative estimate of drug-likeness (QED) is 0.611. The molecule has 3 aromatic rings. The maximum absolute atomic E-state index is 13.6. The minimum Gasteiger partial charge on any atom is -0.269 e. The molecule has 0 atom stereocenters. The van der Waals surface area contributed by atoms with E-state index in [1.807, 2.05) is 19.1 Å². The van der Waals surface area contributed by atoms with Gasteiger partial charge in [-0.15, -0.1) is 0 Å². The molecule has 0 radical (unpaired) electrons. The molecule has 0 spiro atoms. The van der Waals surface area contributed by atoms with Gasteiger partial charge in [0.2, 0.25) is 18.7 Å². The maximum Gasteiger partial charge on any atom is 0.262 e. The van der Waals surface area contributed by atoms with Gasteiger partial charge < -0.3 is 0 Å². The van der Waals surface area contributed by atoms with Crippen LogP contribution in [0.3, 0.4) is 0 Å². The van der Waals surface area contributed by atoms with E-state index in [9.17, 15) is 18.0 Å². The molecular weight excluding hydrogens is 363 g/mol. The number of nitrogens with zero attached hydrogens (tertiary/aromatic N) is 3. The second-order valence-electron chi connectivity index (χ2n) is 4.27. The van der Waals surface area contributed by atoms with Crippen LogP contribution in [0.5, 0.6) is 0 Å². The highest BCUT2D eigenvalue weighted by Crippen LogP contribution is 2.19. The van der Waals surface area contributed by atoms with Gasteiger partial charge in [0.1, 0.15) is 0 Å². The fraction of sp³-hybridized carbons (Fsp3) is 0.143. The zero-order valence-electron chi connectivity index (χ0n) is 11.4. The molecule has 0 N–H and O–H groups in total. The van der Waals surface area contributed by atoms with Gasteiger partial charge in [-0.2, -0.15) is 4.39 Å². The van der Waals surface area contributed by atoms with Crippen molar-refractivity contribution in [1.29, 1.82) is 0 Å². The topological polar surface area (TPSA) is 39.3 Å². The van der Waals surface area contributed by atoms with Crippen molar-refractivity contribution in [2.75, 3.05) is 6.93 Å². The molecule has 2 aromatic heterocycles. The summed E-state index contributed by atoms with van der Waals surface area (Å²) in [6, 6.07) is 6.43. The Labute approximate surface area is 132 Å². The van der Waals surface area contributed by atoms with Crippen LogP contribution in [0.15, 0.2) is 45.9 Å². The maximum atomic E-state index is 13.6. The summed E-state index contributed by atoms with van der Waals surface area (Å²) < 4.78 is 36.4. The summed E-state index contributed by atoms with van der Waals surface area (Å²) in [6.45, 7) is 0.172. The first kappa shape index (κ1) is 16.3.